The Kier molecular flexibility index (Phi) is 3.90. The lowest BCUT2D eigenvalue weighted by atomic mass is 10.2. The van der Waals surface area contributed by atoms with E-state index in [1.165, 1.54) is 12.1 Å². The zero-order valence-corrected chi connectivity index (χ0v) is 7.92. The average Bonchev–Trinajstić information content (AvgIpc) is 2.15. The second kappa shape index (κ2) is 5.21. The maximum absolute atomic E-state index is 12.7. The number of aliphatic hydroxyl groups is 1. The van der Waals surface area contributed by atoms with E-state index in [1.807, 2.05) is 0 Å². The van der Waals surface area contributed by atoms with Crippen LogP contribution in [0.1, 0.15) is 12.5 Å². The van der Waals surface area contributed by atoms with Gasteiger partial charge in [-0.2, -0.15) is 0 Å². The van der Waals surface area contributed by atoms with Gasteiger partial charge < -0.3 is 5.11 Å². The first kappa shape index (κ1) is 10.5. The van der Waals surface area contributed by atoms with Crippen LogP contribution in [0.4, 0.5) is 4.39 Å². The summed E-state index contributed by atoms with van der Waals surface area (Å²) in [6, 6.07) is 6.10. The summed E-state index contributed by atoms with van der Waals surface area (Å²) in [6.07, 6.45) is 1.60. The third kappa shape index (κ3) is 3.42. The van der Waals surface area contributed by atoms with Gasteiger partial charge in [-0.3, -0.25) is 0 Å². The van der Waals surface area contributed by atoms with Crippen molar-refractivity contribution in [1.82, 2.24) is 0 Å². The number of rotatable bonds is 1. The van der Waals surface area contributed by atoms with Crippen LogP contribution in [0.25, 0.3) is 0 Å². The van der Waals surface area contributed by atoms with Crippen molar-refractivity contribution < 1.29 is 9.50 Å². The van der Waals surface area contributed by atoms with Gasteiger partial charge in [-0.05, 0) is 36.8 Å². The van der Waals surface area contributed by atoms with Gasteiger partial charge in [-0.25, -0.2) is 4.39 Å². The Morgan fingerprint density at radius 2 is 2.36 bits per heavy atom. The average molecular weight is 190 g/mol. The number of hydrogen-bond acceptors (Lipinski definition) is 1. The van der Waals surface area contributed by atoms with E-state index in [-0.39, 0.29) is 12.4 Å². The molecule has 0 saturated heterocycles. The van der Waals surface area contributed by atoms with Crippen molar-refractivity contribution in [1.29, 1.82) is 0 Å². The number of hydrogen-bond donors (Lipinski definition) is 1. The van der Waals surface area contributed by atoms with Gasteiger partial charge in [-0.1, -0.05) is 17.9 Å². The maximum atomic E-state index is 12.7. The van der Waals surface area contributed by atoms with Crippen molar-refractivity contribution in [2.45, 2.75) is 6.92 Å². The molecule has 0 aromatic heterocycles. The highest BCUT2D eigenvalue weighted by Crippen LogP contribution is 2.01. The molecule has 2 heteroatoms. The van der Waals surface area contributed by atoms with Gasteiger partial charge in [0.15, 0.2) is 0 Å². The van der Waals surface area contributed by atoms with Gasteiger partial charge in [0, 0.05) is 5.56 Å². The summed E-state index contributed by atoms with van der Waals surface area (Å²) >= 11 is 0. The SMILES string of the molecule is CC(C#Cc1cccc(F)c1)=CCO. The molecular formula is C12H11FO. The molecular weight excluding hydrogens is 179 g/mol. The molecule has 0 aliphatic heterocycles. The largest absolute Gasteiger partial charge is 0.392 e. The monoisotopic (exact) mass is 190 g/mol. The topological polar surface area (TPSA) is 20.2 Å². The van der Waals surface area contributed by atoms with E-state index in [4.69, 9.17) is 5.11 Å². The zero-order valence-electron chi connectivity index (χ0n) is 7.92. The Hall–Kier alpha value is -1.59. The number of halogens is 1. The molecule has 72 valence electrons. The molecule has 0 unspecified atom stereocenters. The van der Waals surface area contributed by atoms with Crippen LogP contribution in [0, 0.1) is 17.7 Å². The minimum absolute atomic E-state index is 0.0241. The van der Waals surface area contributed by atoms with Crippen molar-refractivity contribution in [2.75, 3.05) is 6.61 Å². The van der Waals surface area contributed by atoms with E-state index < -0.39 is 0 Å². The minimum Gasteiger partial charge on any atom is -0.392 e. The quantitative estimate of drug-likeness (QED) is 0.672. The standard InChI is InChI=1S/C12H11FO/c1-10(7-8-14)5-6-11-3-2-4-12(13)9-11/h2-4,7,9,14H,8H2,1H3. The van der Waals surface area contributed by atoms with Gasteiger partial charge >= 0.3 is 0 Å². The molecule has 1 aromatic carbocycles. The summed E-state index contributed by atoms with van der Waals surface area (Å²) < 4.78 is 12.7. The highest BCUT2D eigenvalue weighted by atomic mass is 19.1. The zero-order chi connectivity index (χ0) is 10.4. The normalized spacial score (nSPS) is 10.6. The van der Waals surface area contributed by atoms with Crippen LogP contribution < -0.4 is 0 Å². The summed E-state index contributed by atoms with van der Waals surface area (Å²) in [4.78, 5) is 0. The van der Waals surface area contributed by atoms with Gasteiger partial charge in [0.1, 0.15) is 5.82 Å². The van der Waals surface area contributed by atoms with E-state index >= 15 is 0 Å². The molecule has 0 radical (unpaired) electrons. The Balaban J connectivity index is 2.82. The smallest absolute Gasteiger partial charge is 0.124 e. The predicted octanol–water partition coefficient (Wildman–Crippen LogP) is 2.12. The summed E-state index contributed by atoms with van der Waals surface area (Å²) in [7, 11) is 0. The van der Waals surface area contributed by atoms with Crippen LogP contribution in [0.2, 0.25) is 0 Å². The molecule has 0 aliphatic rings. The van der Waals surface area contributed by atoms with Crippen molar-refractivity contribution in [3.8, 4) is 11.8 Å². The lowest BCUT2D eigenvalue weighted by Crippen LogP contribution is -1.79. The van der Waals surface area contributed by atoms with Crippen LogP contribution in [-0.4, -0.2) is 11.7 Å². The molecule has 0 saturated carbocycles. The molecule has 0 spiro atoms. The number of allylic oxidation sites excluding steroid dienone is 1. The lowest BCUT2D eigenvalue weighted by Gasteiger charge is -1.90. The third-order valence-corrected chi connectivity index (χ3v) is 1.63. The highest BCUT2D eigenvalue weighted by molar-refractivity contribution is 5.39. The van der Waals surface area contributed by atoms with Crippen molar-refractivity contribution in [3.63, 3.8) is 0 Å². The molecule has 0 bridgehead atoms. The van der Waals surface area contributed by atoms with E-state index in [2.05, 4.69) is 11.8 Å². The summed E-state index contributed by atoms with van der Waals surface area (Å²) in [5.41, 5.74) is 1.41. The van der Waals surface area contributed by atoms with Crippen LogP contribution in [-0.2, 0) is 0 Å². The first-order valence-electron chi connectivity index (χ1n) is 4.27. The molecule has 0 atom stereocenters. The van der Waals surface area contributed by atoms with Crippen LogP contribution in [0.15, 0.2) is 35.9 Å². The highest BCUT2D eigenvalue weighted by Gasteiger charge is 1.89. The van der Waals surface area contributed by atoms with E-state index in [9.17, 15) is 4.39 Å². The first-order chi connectivity index (χ1) is 6.72. The fraction of sp³-hybridized carbons (Fsp3) is 0.167. The molecule has 0 aliphatic carbocycles. The number of aliphatic hydroxyl groups excluding tert-OH is 1. The Labute approximate surface area is 82.9 Å². The van der Waals surface area contributed by atoms with Gasteiger partial charge in [0.05, 0.1) is 6.61 Å². The predicted molar refractivity (Wildman–Crippen MR) is 54.1 cm³/mol. The molecule has 0 fully saturated rings. The molecule has 1 aromatic rings. The van der Waals surface area contributed by atoms with E-state index in [0.717, 1.165) is 5.57 Å². The minimum atomic E-state index is -0.291. The Morgan fingerprint density at radius 3 is 3.00 bits per heavy atom. The maximum Gasteiger partial charge on any atom is 0.124 e. The van der Waals surface area contributed by atoms with Crippen molar-refractivity contribution >= 4 is 0 Å². The Morgan fingerprint density at radius 1 is 1.57 bits per heavy atom. The van der Waals surface area contributed by atoms with Gasteiger partial charge in [0.25, 0.3) is 0 Å². The Bertz CT molecular complexity index is 396. The fourth-order valence-electron chi connectivity index (χ4n) is 0.925. The van der Waals surface area contributed by atoms with Crippen LogP contribution >= 0.6 is 0 Å². The van der Waals surface area contributed by atoms with E-state index in [0.29, 0.717) is 5.56 Å². The molecule has 1 rings (SSSR count). The second-order valence-electron chi connectivity index (χ2n) is 2.83. The summed E-state index contributed by atoms with van der Waals surface area (Å²) in [5.74, 6) is 5.32. The van der Waals surface area contributed by atoms with Gasteiger partial charge in [-0.15, -0.1) is 0 Å². The third-order valence-electron chi connectivity index (χ3n) is 1.63. The molecule has 0 amide bonds. The molecule has 14 heavy (non-hydrogen) atoms. The first-order valence-corrected chi connectivity index (χ1v) is 4.27. The summed E-state index contributed by atoms with van der Waals surface area (Å²) in [5, 5.41) is 8.57. The van der Waals surface area contributed by atoms with Crippen LogP contribution in [0.3, 0.4) is 0 Å². The fourth-order valence-corrected chi connectivity index (χ4v) is 0.925. The van der Waals surface area contributed by atoms with E-state index in [1.54, 1.807) is 25.1 Å². The van der Waals surface area contributed by atoms with Gasteiger partial charge in [0.2, 0.25) is 0 Å². The summed E-state index contributed by atoms with van der Waals surface area (Å²) in [6.45, 7) is 1.77. The molecule has 1 N–H and O–H groups in total. The van der Waals surface area contributed by atoms with Crippen molar-refractivity contribution in [2.24, 2.45) is 0 Å². The lowest BCUT2D eigenvalue weighted by molar-refractivity contribution is 0.342. The molecule has 1 nitrogen and oxygen atoms in total. The number of benzene rings is 1. The second-order valence-corrected chi connectivity index (χ2v) is 2.83. The van der Waals surface area contributed by atoms with Crippen LogP contribution in [0.5, 0.6) is 0 Å². The van der Waals surface area contributed by atoms with Crippen molar-refractivity contribution in [3.05, 3.63) is 47.3 Å². The molecule has 0 heterocycles.